The topological polar surface area (TPSA) is 46.2 Å². The Bertz CT molecular complexity index is 855. The molecule has 1 fully saturated rings. The Morgan fingerprint density at radius 3 is 2.15 bits per heavy atom. The number of fused-ring (bicyclic) bond motifs is 2. The van der Waals surface area contributed by atoms with Gasteiger partial charge in [-0.2, -0.15) is 0 Å². The molecule has 2 aliphatic carbocycles. The van der Waals surface area contributed by atoms with Crippen LogP contribution in [0.4, 0.5) is 0 Å². The Hall–Kier alpha value is -2.16. The van der Waals surface area contributed by atoms with Gasteiger partial charge < -0.3 is 5.32 Å². The standard InChI is InChI=1S/C23H27NO2/c1-22(2)10-15-19-16(11-23(3,4)12-17(19)25)24-21(20(15)18(26)13-22)14-8-6-5-7-9-14/h5-9,15,24H,10-13H2,1-4H3. The van der Waals surface area contributed by atoms with E-state index in [4.69, 9.17) is 0 Å². The number of Topliss-reactive ketones (excluding diaryl/α,β-unsaturated/α-hetero) is 2. The van der Waals surface area contributed by atoms with Crippen molar-refractivity contribution < 1.29 is 9.59 Å². The zero-order valence-electron chi connectivity index (χ0n) is 16.1. The molecule has 0 bridgehead atoms. The molecule has 3 aliphatic rings. The van der Waals surface area contributed by atoms with Gasteiger partial charge in [0.25, 0.3) is 0 Å². The normalized spacial score (nSPS) is 27.0. The maximum Gasteiger partial charge on any atom is 0.162 e. The van der Waals surface area contributed by atoms with E-state index < -0.39 is 0 Å². The van der Waals surface area contributed by atoms with Crippen molar-refractivity contribution in [3.63, 3.8) is 0 Å². The van der Waals surface area contributed by atoms with Gasteiger partial charge in [0.05, 0.1) is 5.70 Å². The van der Waals surface area contributed by atoms with Gasteiger partial charge in [-0.3, -0.25) is 9.59 Å². The monoisotopic (exact) mass is 349 g/mol. The highest BCUT2D eigenvalue weighted by molar-refractivity contribution is 6.09. The number of carbonyl (C=O) groups excluding carboxylic acids is 2. The van der Waals surface area contributed by atoms with E-state index in [2.05, 4.69) is 33.0 Å². The number of carbonyl (C=O) groups is 2. The van der Waals surface area contributed by atoms with Crippen LogP contribution in [0.25, 0.3) is 5.70 Å². The molecule has 1 aromatic carbocycles. The Balaban J connectivity index is 1.89. The molecule has 3 nitrogen and oxygen atoms in total. The van der Waals surface area contributed by atoms with Crippen LogP contribution in [-0.2, 0) is 9.59 Å². The second-order valence-corrected chi connectivity index (χ2v) is 9.63. The minimum atomic E-state index is -0.0737. The summed E-state index contributed by atoms with van der Waals surface area (Å²) >= 11 is 0. The van der Waals surface area contributed by atoms with Gasteiger partial charge in [-0.25, -0.2) is 0 Å². The van der Waals surface area contributed by atoms with E-state index in [1.807, 2.05) is 30.3 Å². The van der Waals surface area contributed by atoms with Crippen LogP contribution in [0.1, 0.15) is 58.9 Å². The number of dihydropyridines is 1. The first-order valence-corrected chi connectivity index (χ1v) is 9.53. The summed E-state index contributed by atoms with van der Waals surface area (Å²) in [6.45, 7) is 8.58. The summed E-state index contributed by atoms with van der Waals surface area (Å²) in [7, 11) is 0. The summed E-state index contributed by atoms with van der Waals surface area (Å²) in [6.07, 6.45) is 2.81. The second kappa shape index (κ2) is 5.67. The van der Waals surface area contributed by atoms with Crippen LogP contribution >= 0.6 is 0 Å². The fourth-order valence-corrected chi connectivity index (χ4v) is 4.91. The molecule has 1 aromatic rings. The molecule has 0 amide bonds. The summed E-state index contributed by atoms with van der Waals surface area (Å²) in [5.74, 6) is 0.326. The van der Waals surface area contributed by atoms with E-state index in [-0.39, 0.29) is 28.3 Å². The third kappa shape index (κ3) is 2.84. The number of allylic oxidation sites excluding steroid dienone is 3. The zero-order chi connectivity index (χ0) is 18.7. The lowest BCUT2D eigenvalue weighted by molar-refractivity contribution is -0.120. The third-order valence-electron chi connectivity index (χ3n) is 5.92. The lowest BCUT2D eigenvalue weighted by atomic mass is 9.61. The molecular weight excluding hydrogens is 322 g/mol. The number of nitrogens with one attached hydrogen (secondary N) is 1. The van der Waals surface area contributed by atoms with Crippen LogP contribution in [0.3, 0.4) is 0 Å². The van der Waals surface area contributed by atoms with E-state index in [0.717, 1.165) is 40.9 Å². The fourth-order valence-electron chi connectivity index (χ4n) is 4.91. The number of ketones is 2. The molecule has 0 spiro atoms. The minimum Gasteiger partial charge on any atom is -0.358 e. The molecule has 136 valence electrons. The molecule has 0 aromatic heterocycles. The highest BCUT2D eigenvalue weighted by Gasteiger charge is 2.47. The SMILES string of the molecule is CC1(C)CC(=O)C2=C(C1)NC(c1ccccc1)=C1C(=O)CC(C)(C)CC21. The Kier molecular flexibility index (Phi) is 3.76. The van der Waals surface area contributed by atoms with E-state index in [9.17, 15) is 9.59 Å². The molecule has 1 aliphatic heterocycles. The van der Waals surface area contributed by atoms with Gasteiger partial charge >= 0.3 is 0 Å². The average molecular weight is 349 g/mol. The van der Waals surface area contributed by atoms with Crippen molar-refractivity contribution >= 4 is 17.3 Å². The smallest absolute Gasteiger partial charge is 0.162 e. The highest BCUT2D eigenvalue weighted by Crippen LogP contribution is 2.51. The van der Waals surface area contributed by atoms with Gasteiger partial charge in [0.2, 0.25) is 0 Å². The molecule has 4 rings (SSSR count). The molecule has 0 radical (unpaired) electrons. The zero-order valence-corrected chi connectivity index (χ0v) is 16.1. The molecule has 26 heavy (non-hydrogen) atoms. The van der Waals surface area contributed by atoms with Crippen molar-refractivity contribution in [2.75, 3.05) is 0 Å². The van der Waals surface area contributed by atoms with Crippen molar-refractivity contribution in [1.29, 1.82) is 0 Å². The number of hydrogen-bond acceptors (Lipinski definition) is 3. The van der Waals surface area contributed by atoms with Crippen LogP contribution in [0, 0.1) is 16.7 Å². The largest absolute Gasteiger partial charge is 0.358 e. The van der Waals surface area contributed by atoms with Crippen LogP contribution in [-0.4, -0.2) is 11.6 Å². The van der Waals surface area contributed by atoms with Crippen molar-refractivity contribution in [3.8, 4) is 0 Å². The van der Waals surface area contributed by atoms with E-state index in [1.54, 1.807) is 0 Å². The number of benzene rings is 1. The molecule has 1 heterocycles. The van der Waals surface area contributed by atoms with Gasteiger partial charge in [-0.05, 0) is 29.2 Å². The van der Waals surface area contributed by atoms with Gasteiger partial charge in [-0.1, -0.05) is 58.0 Å². The summed E-state index contributed by atoms with van der Waals surface area (Å²) in [6, 6.07) is 10.1. The maximum atomic E-state index is 13.1. The Morgan fingerprint density at radius 2 is 1.46 bits per heavy atom. The van der Waals surface area contributed by atoms with Crippen molar-refractivity contribution in [3.05, 3.63) is 52.7 Å². The maximum absolute atomic E-state index is 13.1. The second-order valence-electron chi connectivity index (χ2n) is 9.63. The minimum absolute atomic E-state index is 0.0452. The van der Waals surface area contributed by atoms with Crippen LogP contribution in [0.15, 0.2) is 47.2 Å². The van der Waals surface area contributed by atoms with Crippen LogP contribution < -0.4 is 5.32 Å². The summed E-state index contributed by atoms with van der Waals surface area (Å²) in [4.78, 5) is 26.1. The summed E-state index contributed by atoms with van der Waals surface area (Å²) in [5, 5.41) is 3.53. The fraction of sp³-hybridized carbons (Fsp3) is 0.478. The van der Waals surface area contributed by atoms with E-state index in [0.29, 0.717) is 12.8 Å². The van der Waals surface area contributed by atoms with Gasteiger partial charge in [-0.15, -0.1) is 0 Å². The van der Waals surface area contributed by atoms with Crippen LogP contribution in [0.5, 0.6) is 0 Å². The lowest BCUT2D eigenvalue weighted by Crippen LogP contribution is -2.43. The summed E-state index contributed by atoms with van der Waals surface area (Å²) < 4.78 is 0. The highest BCUT2D eigenvalue weighted by atomic mass is 16.1. The molecule has 0 saturated heterocycles. The Labute approximate surface area is 155 Å². The van der Waals surface area contributed by atoms with Crippen molar-refractivity contribution in [1.82, 2.24) is 5.32 Å². The molecular formula is C23H27NO2. The predicted molar refractivity (Wildman–Crippen MR) is 103 cm³/mol. The number of rotatable bonds is 1. The van der Waals surface area contributed by atoms with E-state index >= 15 is 0 Å². The molecule has 1 N–H and O–H groups in total. The molecule has 1 saturated carbocycles. The third-order valence-corrected chi connectivity index (χ3v) is 5.92. The molecule has 1 atom stereocenters. The van der Waals surface area contributed by atoms with Crippen molar-refractivity contribution in [2.45, 2.75) is 53.4 Å². The predicted octanol–water partition coefficient (Wildman–Crippen LogP) is 4.65. The van der Waals surface area contributed by atoms with Gasteiger partial charge in [0, 0.05) is 35.6 Å². The van der Waals surface area contributed by atoms with Gasteiger partial charge in [0.15, 0.2) is 11.6 Å². The quantitative estimate of drug-likeness (QED) is 0.803. The molecule has 1 unspecified atom stereocenters. The first kappa shape index (κ1) is 17.3. The number of hydrogen-bond donors (Lipinski definition) is 1. The molecule has 3 heteroatoms. The van der Waals surface area contributed by atoms with Crippen LogP contribution in [0.2, 0.25) is 0 Å². The first-order chi connectivity index (χ1) is 12.2. The van der Waals surface area contributed by atoms with Gasteiger partial charge in [0.1, 0.15) is 0 Å². The Morgan fingerprint density at radius 1 is 0.846 bits per heavy atom. The average Bonchev–Trinajstić information content (AvgIpc) is 2.51. The lowest BCUT2D eigenvalue weighted by Gasteiger charge is -2.45. The van der Waals surface area contributed by atoms with Crippen molar-refractivity contribution in [2.24, 2.45) is 16.7 Å². The first-order valence-electron chi connectivity index (χ1n) is 9.53. The summed E-state index contributed by atoms with van der Waals surface area (Å²) in [5.41, 5.74) is 4.56. The van der Waals surface area contributed by atoms with E-state index in [1.165, 1.54) is 0 Å².